The van der Waals surface area contributed by atoms with Crippen molar-refractivity contribution < 1.29 is 14.2 Å². The number of hydrogen-bond donors (Lipinski definition) is 0. The molecule has 0 aromatic heterocycles. The smallest absolute Gasteiger partial charge is 0.161 e. The molecule has 0 heterocycles. The van der Waals surface area contributed by atoms with Gasteiger partial charge in [-0.25, -0.2) is 0 Å². The molecule has 2 aromatic carbocycles. The van der Waals surface area contributed by atoms with Crippen LogP contribution in [-0.4, -0.2) is 19.8 Å². The number of hydrogen-bond acceptors (Lipinski definition) is 3. The first-order valence-corrected chi connectivity index (χ1v) is 7.73. The lowest BCUT2D eigenvalue weighted by Gasteiger charge is -2.12. The van der Waals surface area contributed by atoms with Crippen molar-refractivity contribution in [2.75, 3.05) is 19.8 Å². The largest absolute Gasteiger partial charge is 0.490 e. The molecule has 3 nitrogen and oxygen atoms in total. The Labute approximate surface area is 134 Å². The fourth-order valence-electron chi connectivity index (χ4n) is 1.87. The summed E-state index contributed by atoms with van der Waals surface area (Å²) in [6.45, 7) is 5.55. The zero-order valence-electron chi connectivity index (χ0n) is 12.3. The number of rotatable bonds is 7. The molecule has 4 heteroatoms. The van der Waals surface area contributed by atoms with Crippen LogP contribution in [0.25, 0.3) is 0 Å². The van der Waals surface area contributed by atoms with E-state index in [1.54, 1.807) is 0 Å². The van der Waals surface area contributed by atoms with Gasteiger partial charge in [0, 0.05) is 0 Å². The van der Waals surface area contributed by atoms with E-state index in [9.17, 15) is 0 Å². The third kappa shape index (κ3) is 4.67. The van der Waals surface area contributed by atoms with Gasteiger partial charge in [-0.15, -0.1) is 0 Å². The summed E-state index contributed by atoms with van der Waals surface area (Å²) in [5.74, 6) is 2.32. The van der Waals surface area contributed by atoms with E-state index in [1.807, 2.05) is 56.3 Å². The van der Waals surface area contributed by atoms with Gasteiger partial charge in [0.25, 0.3) is 0 Å². The van der Waals surface area contributed by atoms with Crippen LogP contribution in [0.5, 0.6) is 17.2 Å². The van der Waals surface area contributed by atoms with Gasteiger partial charge in [0.2, 0.25) is 0 Å². The average molecular weight is 351 g/mol. The van der Waals surface area contributed by atoms with Crippen molar-refractivity contribution in [2.45, 2.75) is 13.8 Å². The van der Waals surface area contributed by atoms with Crippen molar-refractivity contribution in [2.24, 2.45) is 0 Å². The molecular weight excluding hydrogens is 332 g/mol. The van der Waals surface area contributed by atoms with Crippen LogP contribution in [0.4, 0.5) is 0 Å². The highest BCUT2D eigenvalue weighted by Crippen LogP contribution is 2.27. The van der Waals surface area contributed by atoms with Gasteiger partial charge in [0.1, 0.15) is 19.0 Å². The first kappa shape index (κ1) is 15.7. The van der Waals surface area contributed by atoms with Gasteiger partial charge < -0.3 is 14.2 Å². The fourth-order valence-corrected chi connectivity index (χ4v) is 2.48. The summed E-state index contributed by atoms with van der Waals surface area (Å²) >= 11 is 3.49. The van der Waals surface area contributed by atoms with Crippen LogP contribution < -0.4 is 14.2 Å². The highest BCUT2D eigenvalue weighted by atomic mass is 79.9. The summed E-state index contributed by atoms with van der Waals surface area (Å²) in [7, 11) is 0. The molecule has 21 heavy (non-hydrogen) atoms. The molecular formula is C17H19BrO3. The van der Waals surface area contributed by atoms with Gasteiger partial charge in [-0.05, 0) is 59.6 Å². The maximum Gasteiger partial charge on any atom is 0.161 e. The Morgan fingerprint density at radius 3 is 2.10 bits per heavy atom. The molecule has 0 radical (unpaired) electrons. The van der Waals surface area contributed by atoms with Crippen molar-refractivity contribution in [1.82, 2.24) is 0 Å². The number of benzene rings is 2. The fraction of sp³-hybridized carbons (Fsp3) is 0.294. The Morgan fingerprint density at radius 2 is 1.48 bits per heavy atom. The van der Waals surface area contributed by atoms with Crippen LogP contribution >= 0.6 is 15.9 Å². The molecule has 2 rings (SSSR count). The molecule has 0 amide bonds. The van der Waals surface area contributed by atoms with E-state index >= 15 is 0 Å². The minimum atomic E-state index is 0.463. The minimum Gasteiger partial charge on any atom is -0.490 e. The van der Waals surface area contributed by atoms with Gasteiger partial charge in [-0.1, -0.05) is 18.2 Å². The molecule has 0 unspecified atom stereocenters. The predicted molar refractivity (Wildman–Crippen MR) is 87.5 cm³/mol. The molecule has 112 valence electrons. The second kappa shape index (κ2) is 7.93. The molecule has 0 spiro atoms. The standard InChI is InChI=1S/C17H19BrO3/c1-3-19-16-6-4-5-7-17(16)21-11-10-20-15-9-8-13(2)12-14(15)18/h4-9,12H,3,10-11H2,1-2H3. The Balaban J connectivity index is 1.84. The average Bonchev–Trinajstić information content (AvgIpc) is 2.47. The summed E-state index contributed by atoms with van der Waals surface area (Å²) in [4.78, 5) is 0. The van der Waals surface area contributed by atoms with Crippen LogP contribution in [-0.2, 0) is 0 Å². The quantitative estimate of drug-likeness (QED) is 0.682. The van der Waals surface area contributed by atoms with E-state index in [4.69, 9.17) is 14.2 Å². The lowest BCUT2D eigenvalue weighted by molar-refractivity contribution is 0.207. The Bertz CT molecular complexity index is 584. The SMILES string of the molecule is CCOc1ccccc1OCCOc1ccc(C)cc1Br. The highest BCUT2D eigenvalue weighted by Gasteiger charge is 2.04. The van der Waals surface area contributed by atoms with Crippen LogP contribution in [0.1, 0.15) is 12.5 Å². The number of ether oxygens (including phenoxy) is 3. The van der Waals surface area contributed by atoms with E-state index in [2.05, 4.69) is 15.9 Å². The van der Waals surface area contributed by atoms with Gasteiger partial charge >= 0.3 is 0 Å². The van der Waals surface area contributed by atoms with Gasteiger partial charge in [0.05, 0.1) is 11.1 Å². The summed E-state index contributed by atoms with van der Waals surface area (Å²) in [5, 5.41) is 0. The van der Waals surface area contributed by atoms with Crippen LogP contribution in [0.3, 0.4) is 0 Å². The molecule has 0 fully saturated rings. The van der Waals surface area contributed by atoms with Crippen LogP contribution in [0.2, 0.25) is 0 Å². The molecule has 0 N–H and O–H groups in total. The summed E-state index contributed by atoms with van der Waals surface area (Å²) < 4.78 is 17.9. The Kier molecular flexibility index (Phi) is 5.93. The van der Waals surface area contributed by atoms with Crippen molar-refractivity contribution in [3.8, 4) is 17.2 Å². The molecule has 0 saturated carbocycles. The Morgan fingerprint density at radius 1 is 0.857 bits per heavy atom. The molecule has 0 aliphatic carbocycles. The zero-order valence-corrected chi connectivity index (χ0v) is 13.9. The first-order chi connectivity index (χ1) is 10.2. The third-order valence-electron chi connectivity index (χ3n) is 2.83. The van der Waals surface area contributed by atoms with Crippen molar-refractivity contribution in [3.63, 3.8) is 0 Å². The van der Waals surface area contributed by atoms with Crippen molar-refractivity contribution in [1.29, 1.82) is 0 Å². The monoisotopic (exact) mass is 350 g/mol. The predicted octanol–water partition coefficient (Wildman–Crippen LogP) is 4.61. The molecule has 0 aliphatic rings. The summed E-state index contributed by atoms with van der Waals surface area (Å²) in [5.41, 5.74) is 1.19. The van der Waals surface area contributed by atoms with E-state index in [1.165, 1.54) is 5.56 Å². The number of para-hydroxylation sites is 2. The first-order valence-electron chi connectivity index (χ1n) is 6.94. The molecule has 0 atom stereocenters. The second-order valence-corrected chi connectivity index (χ2v) is 5.36. The van der Waals surface area contributed by atoms with Crippen LogP contribution in [0.15, 0.2) is 46.9 Å². The number of halogens is 1. The molecule has 0 aliphatic heterocycles. The van der Waals surface area contributed by atoms with Crippen molar-refractivity contribution >= 4 is 15.9 Å². The van der Waals surface area contributed by atoms with Crippen molar-refractivity contribution in [3.05, 3.63) is 52.5 Å². The minimum absolute atomic E-state index is 0.463. The van der Waals surface area contributed by atoms with E-state index in [-0.39, 0.29) is 0 Å². The van der Waals surface area contributed by atoms with Gasteiger partial charge in [-0.2, -0.15) is 0 Å². The van der Waals surface area contributed by atoms with Gasteiger partial charge in [0.15, 0.2) is 11.5 Å². The lowest BCUT2D eigenvalue weighted by Crippen LogP contribution is -2.10. The molecule has 0 saturated heterocycles. The lowest BCUT2D eigenvalue weighted by atomic mass is 10.2. The second-order valence-electron chi connectivity index (χ2n) is 4.51. The maximum absolute atomic E-state index is 5.71. The molecule has 0 bridgehead atoms. The zero-order chi connectivity index (χ0) is 15.1. The Hall–Kier alpha value is -1.68. The number of aryl methyl sites for hydroxylation is 1. The topological polar surface area (TPSA) is 27.7 Å². The van der Waals surface area contributed by atoms with E-state index in [0.717, 1.165) is 21.7 Å². The van der Waals surface area contributed by atoms with E-state index in [0.29, 0.717) is 19.8 Å². The van der Waals surface area contributed by atoms with E-state index < -0.39 is 0 Å². The summed E-state index contributed by atoms with van der Waals surface area (Å²) in [6.07, 6.45) is 0. The normalized spacial score (nSPS) is 10.2. The van der Waals surface area contributed by atoms with Crippen LogP contribution in [0, 0.1) is 6.92 Å². The molecule has 2 aromatic rings. The summed E-state index contributed by atoms with van der Waals surface area (Å²) in [6, 6.07) is 13.6. The highest BCUT2D eigenvalue weighted by molar-refractivity contribution is 9.10. The third-order valence-corrected chi connectivity index (χ3v) is 3.45. The van der Waals surface area contributed by atoms with Gasteiger partial charge in [-0.3, -0.25) is 0 Å². The maximum atomic E-state index is 5.71.